The van der Waals surface area contributed by atoms with Gasteiger partial charge in [-0.1, -0.05) is 23.9 Å². The summed E-state index contributed by atoms with van der Waals surface area (Å²) in [6.07, 6.45) is 0. The van der Waals surface area contributed by atoms with Gasteiger partial charge in [0.15, 0.2) is 11.6 Å². The molecule has 2 aromatic rings. The number of fused-ring (bicyclic) bond motifs is 2. The molecule has 0 saturated carbocycles. The molecule has 1 aliphatic heterocycles. The fourth-order valence-electron chi connectivity index (χ4n) is 2.30. The maximum absolute atomic E-state index is 14.4. The van der Waals surface area contributed by atoms with Crippen LogP contribution in [0.25, 0.3) is 0 Å². The molecule has 0 atom stereocenters. The van der Waals surface area contributed by atoms with Crippen molar-refractivity contribution in [2.75, 3.05) is 13.1 Å². The number of thiocarbonyl (C=S) groups is 1. The number of benzene rings is 2. The zero-order chi connectivity index (χ0) is 17.3. The van der Waals surface area contributed by atoms with Crippen molar-refractivity contribution in [1.82, 2.24) is 4.90 Å². The second kappa shape index (κ2) is 6.94. The fraction of sp³-hybridized carbons (Fsp3) is 0.235. The minimum atomic E-state index is -1.07. The molecule has 0 N–H and O–H groups in total. The van der Waals surface area contributed by atoms with E-state index < -0.39 is 11.6 Å². The summed E-state index contributed by atoms with van der Waals surface area (Å²) in [5, 5.41) is 0.0992. The molecule has 0 bridgehead atoms. The number of rotatable bonds is 3. The Morgan fingerprint density at radius 2 is 1.88 bits per heavy atom. The van der Waals surface area contributed by atoms with Crippen molar-refractivity contribution in [3.05, 3.63) is 42.0 Å². The quantitative estimate of drug-likeness (QED) is 0.590. The molecule has 1 heterocycles. The number of nitrogens with zero attached hydrogens (tertiary/aromatic N) is 1. The van der Waals surface area contributed by atoms with Crippen molar-refractivity contribution < 1.29 is 18.3 Å². The highest BCUT2D eigenvalue weighted by Gasteiger charge is 2.27. The number of para-hydroxylation sites is 1. The maximum Gasteiger partial charge on any atom is 0.264 e. The summed E-state index contributed by atoms with van der Waals surface area (Å²) in [7, 11) is 0. The molecule has 0 radical (unpaired) electrons. The van der Waals surface area contributed by atoms with E-state index in [1.807, 2.05) is 26.0 Å². The van der Waals surface area contributed by atoms with Crippen LogP contribution < -0.4 is 9.47 Å². The molecule has 0 aliphatic carbocycles. The topological polar surface area (TPSA) is 21.7 Å². The normalized spacial score (nSPS) is 12.0. The summed E-state index contributed by atoms with van der Waals surface area (Å²) in [4.78, 5) is 2.57. The summed E-state index contributed by atoms with van der Waals surface area (Å²) in [6, 6.07) is 8.53. The molecule has 0 saturated heterocycles. The Balaban J connectivity index is 1.95. The maximum atomic E-state index is 14.4. The Labute approximate surface area is 148 Å². The monoisotopic (exact) mass is 367 g/mol. The van der Waals surface area contributed by atoms with Crippen molar-refractivity contribution in [3.63, 3.8) is 0 Å². The molecule has 0 unspecified atom stereocenters. The van der Waals surface area contributed by atoms with E-state index >= 15 is 0 Å². The van der Waals surface area contributed by atoms with Crippen molar-refractivity contribution in [2.24, 2.45) is 0 Å². The van der Waals surface area contributed by atoms with E-state index in [4.69, 9.17) is 21.7 Å². The zero-order valence-corrected chi connectivity index (χ0v) is 14.8. The second-order valence-electron chi connectivity index (χ2n) is 5.02. The first-order chi connectivity index (χ1) is 11.5. The molecular weight excluding hydrogens is 352 g/mol. The van der Waals surface area contributed by atoms with Gasteiger partial charge in [0.25, 0.3) is 5.17 Å². The van der Waals surface area contributed by atoms with Crippen molar-refractivity contribution in [1.29, 1.82) is 0 Å². The fourth-order valence-corrected chi connectivity index (χ4v) is 3.60. The summed E-state index contributed by atoms with van der Waals surface area (Å²) < 4.78 is 39.9. The molecule has 24 heavy (non-hydrogen) atoms. The van der Waals surface area contributed by atoms with E-state index in [0.717, 1.165) is 16.7 Å². The summed E-state index contributed by atoms with van der Waals surface area (Å²) in [6.45, 7) is 5.04. The third kappa shape index (κ3) is 3.06. The van der Waals surface area contributed by atoms with Crippen molar-refractivity contribution in [2.45, 2.75) is 23.6 Å². The minimum Gasteiger partial charge on any atom is -0.455 e. The SMILES string of the molecule is CCN(CC)C(=S)Oc1cc2c(c(F)c1F)Sc1ccccc1O2. The lowest BCUT2D eigenvalue weighted by atomic mass is 10.2. The van der Waals surface area contributed by atoms with Gasteiger partial charge in [-0.2, -0.15) is 4.39 Å². The Kier molecular flexibility index (Phi) is 4.91. The smallest absolute Gasteiger partial charge is 0.264 e. The average Bonchev–Trinajstić information content (AvgIpc) is 2.59. The van der Waals surface area contributed by atoms with E-state index in [0.29, 0.717) is 18.8 Å². The molecule has 0 spiro atoms. The number of halogens is 2. The first-order valence-electron chi connectivity index (χ1n) is 7.48. The van der Waals surface area contributed by atoms with Crippen LogP contribution in [-0.2, 0) is 0 Å². The first kappa shape index (κ1) is 17.0. The van der Waals surface area contributed by atoms with Gasteiger partial charge in [0.2, 0.25) is 5.82 Å². The van der Waals surface area contributed by atoms with Crippen LogP contribution in [0.3, 0.4) is 0 Å². The van der Waals surface area contributed by atoms with Gasteiger partial charge in [0.1, 0.15) is 11.5 Å². The van der Waals surface area contributed by atoms with Crippen LogP contribution in [0.15, 0.2) is 40.1 Å². The molecule has 2 aromatic carbocycles. The highest BCUT2D eigenvalue weighted by molar-refractivity contribution is 7.99. The van der Waals surface area contributed by atoms with E-state index in [1.54, 1.807) is 17.0 Å². The molecule has 7 heteroatoms. The van der Waals surface area contributed by atoms with Gasteiger partial charge >= 0.3 is 0 Å². The van der Waals surface area contributed by atoms with Gasteiger partial charge in [-0.3, -0.25) is 0 Å². The van der Waals surface area contributed by atoms with Gasteiger partial charge in [-0.05, 0) is 38.2 Å². The summed E-state index contributed by atoms with van der Waals surface area (Å²) in [5.74, 6) is -1.53. The third-order valence-electron chi connectivity index (χ3n) is 3.59. The Bertz CT molecular complexity index is 794. The number of hydrogen-bond acceptors (Lipinski definition) is 4. The van der Waals surface area contributed by atoms with Crippen LogP contribution >= 0.6 is 24.0 Å². The second-order valence-corrected chi connectivity index (χ2v) is 6.42. The molecule has 1 aliphatic rings. The van der Waals surface area contributed by atoms with Crippen LogP contribution in [0.2, 0.25) is 0 Å². The van der Waals surface area contributed by atoms with Gasteiger partial charge in [0, 0.05) is 19.2 Å². The highest BCUT2D eigenvalue weighted by Crippen LogP contribution is 2.50. The van der Waals surface area contributed by atoms with Crippen LogP contribution in [0.1, 0.15) is 13.8 Å². The summed E-state index contributed by atoms with van der Waals surface area (Å²) in [5.41, 5.74) is 0. The lowest BCUT2D eigenvalue weighted by Gasteiger charge is -2.23. The molecule has 3 nitrogen and oxygen atoms in total. The number of ether oxygens (including phenoxy) is 2. The lowest BCUT2D eigenvalue weighted by Crippen LogP contribution is -2.33. The van der Waals surface area contributed by atoms with Crippen LogP contribution in [-0.4, -0.2) is 23.2 Å². The molecular formula is C17H15F2NO2S2. The molecule has 0 amide bonds. The molecule has 3 rings (SSSR count). The average molecular weight is 367 g/mol. The first-order valence-corrected chi connectivity index (χ1v) is 8.71. The Morgan fingerprint density at radius 3 is 2.58 bits per heavy atom. The van der Waals surface area contributed by atoms with E-state index in [2.05, 4.69) is 0 Å². The molecule has 0 aromatic heterocycles. The largest absolute Gasteiger partial charge is 0.455 e. The predicted molar refractivity (Wildman–Crippen MR) is 93.1 cm³/mol. The van der Waals surface area contributed by atoms with Gasteiger partial charge < -0.3 is 14.4 Å². The minimum absolute atomic E-state index is 0.0992. The molecule has 0 fully saturated rings. The summed E-state index contributed by atoms with van der Waals surface area (Å²) >= 11 is 6.27. The van der Waals surface area contributed by atoms with Crippen molar-refractivity contribution in [3.8, 4) is 17.2 Å². The highest BCUT2D eigenvalue weighted by atomic mass is 32.2. The lowest BCUT2D eigenvalue weighted by molar-refractivity contribution is 0.354. The van der Waals surface area contributed by atoms with Gasteiger partial charge in [-0.15, -0.1) is 0 Å². The Hall–Kier alpha value is -1.86. The Morgan fingerprint density at radius 1 is 1.17 bits per heavy atom. The van der Waals surface area contributed by atoms with Gasteiger partial charge in [0.05, 0.1) is 9.79 Å². The predicted octanol–water partition coefficient (Wildman–Crippen LogP) is 5.23. The third-order valence-corrected chi connectivity index (χ3v) is 5.08. The number of hydrogen-bond donors (Lipinski definition) is 0. The van der Waals surface area contributed by atoms with Crippen LogP contribution in [0, 0.1) is 11.6 Å². The standard InChI is InChI=1S/C17H15F2NO2S2/c1-3-20(4-2)17(23)22-11-9-12-16(15(19)14(11)18)24-13-8-6-5-7-10(13)21-12/h5-9H,3-4H2,1-2H3. The van der Waals surface area contributed by atoms with Crippen molar-refractivity contribution >= 4 is 29.2 Å². The van der Waals surface area contributed by atoms with Gasteiger partial charge in [-0.25, -0.2) is 4.39 Å². The van der Waals surface area contributed by atoms with Crippen LogP contribution in [0.5, 0.6) is 17.2 Å². The van der Waals surface area contributed by atoms with E-state index in [-0.39, 0.29) is 21.6 Å². The van der Waals surface area contributed by atoms with E-state index in [9.17, 15) is 8.78 Å². The van der Waals surface area contributed by atoms with Crippen LogP contribution in [0.4, 0.5) is 8.78 Å². The zero-order valence-electron chi connectivity index (χ0n) is 13.1. The van der Waals surface area contributed by atoms with E-state index in [1.165, 1.54) is 6.07 Å². The molecule has 126 valence electrons.